The number of hydrogen-bond acceptors (Lipinski definition) is 3. The Bertz CT molecular complexity index is 439. The molecule has 0 aromatic heterocycles. The molecule has 2 atom stereocenters. The van der Waals surface area contributed by atoms with Crippen molar-refractivity contribution in [3.63, 3.8) is 0 Å². The van der Waals surface area contributed by atoms with Crippen molar-refractivity contribution in [1.29, 1.82) is 0 Å². The molecule has 2 saturated heterocycles. The topological polar surface area (TPSA) is 34.1 Å². The van der Waals surface area contributed by atoms with Gasteiger partial charge in [0.05, 0.1) is 0 Å². The highest BCUT2D eigenvalue weighted by molar-refractivity contribution is 14.0. The molecular formula is C17H33F3IN5. The number of alkyl halides is 3. The first-order valence-corrected chi connectivity index (χ1v) is 9.41. The van der Waals surface area contributed by atoms with E-state index in [0.717, 1.165) is 38.7 Å². The molecule has 0 aromatic rings. The lowest BCUT2D eigenvalue weighted by Crippen LogP contribution is -2.56. The number of aliphatic imine (C=N–C) groups is 1. The van der Waals surface area contributed by atoms with Gasteiger partial charge in [0.15, 0.2) is 5.96 Å². The molecule has 0 aliphatic carbocycles. The molecular weight excluding hydrogens is 458 g/mol. The molecule has 0 spiro atoms. The summed E-state index contributed by atoms with van der Waals surface area (Å²) in [4.78, 5) is 10.8. The van der Waals surface area contributed by atoms with Gasteiger partial charge in [0.2, 0.25) is 0 Å². The largest absolute Gasteiger partial charge is 0.403 e. The molecule has 0 saturated carbocycles. The van der Waals surface area contributed by atoms with E-state index in [4.69, 9.17) is 4.99 Å². The summed E-state index contributed by atoms with van der Waals surface area (Å²) in [6.45, 7) is 12.3. The Morgan fingerprint density at radius 1 is 1.15 bits per heavy atom. The Morgan fingerprint density at radius 3 is 2.31 bits per heavy atom. The highest BCUT2D eigenvalue weighted by Crippen LogP contribution is 2.25. The molecule has 0 bridgehead atoms. The monoisotopic (exact) mass is 491 g/mol. The summed E-state index contributed by atoms with van der Waals surface area (Å²) >= 11 is 0. The highest BCUT2D eigenvalue weighted by atomic mass is 127. The SMILES string of the molecule is CCNC(=NCC1CCN(CC)C1)N1CCN(C(C)C(F)(F)F)CC1.I. The van der Waals surface area contributed by atoms with Gasteiger partial charge in [-0.25, -0.2) is 0 Å². The van der Waals surface area contributed by atoms with Gasteiger partial charge in [-0.1, -0.05) is 6.92 Å². The van der Waals surface area contributed by atoms with Crippen LogP contribution in [0.5, 0.6) is 0 Å². The fraction of sp³-hybridized carbons (Fsp3) is 0.941. The van der Waals surface area contributed by atoms with E-state index in [1.165, 1.54) is 18.2 Å². The van der Waals surface area contributed by atoms with Gasteiger partial charge in [-0.3, -0.25) is 9.89 Å². The average molecular weight is 491 g/mol. The summed E-state index contributed by atoms with van der Waals surface area (Å²) in [6.07, 6.45) is -2.98. The summed E-state index contributed by atoms with van der Waals surface area (Å²) in [7, 11) is 0. The Kier molecular flexibility index (Phi) is 9.95. The predicted molar refractivity (Wildman–Crippen MR) is 110 cm³/mol. The molecule has 2 fully saturated rings. The standard InChI is InChI=1S/C17H32F3N5.HI/c1-4-21-16(22-12-15-6-7-23(5-2)13-15)25-10-8-24(9-11-25)14(3)17(18,19)20;/h14-15H,4-13H2,1-3H3,(H,21,22);1H. The molecule has 9 heteroatoms. The van der Waals surface area contributed by atoms with E-state index in [9.17, 15) is 13.2 Å². The number of halogens is 4. The van der Waals surface area contributed by atoms with Crippen LogP contribution in [0.15, 0.2) is 4.99 Å². The average Bonchev–Trinajstić information content (AvgIpc) is 3.05. The van der Waals surface area contributed by atoms with Gasteiger partial charge < -0.3 is 15.1 Å². The van der Waals surface area contributed by atoms with Crippen LogP contribution < -0.4 is 5.32 Å². The minimum absolute atomic E-state index is 0. The third kappa shape index (κ3) is 6.70. The first kappa shape index (κ1) is 23.7. The number of guanidine groups is 1. The van der Waals surface area contributed by atoms with Crippen LogP contribution in [0, 0.1) is 5.92 Å². The van der Waals surface area contributed by atoms with Crippen molar-refractivity contribution in [2.24, 2.45) is 10.9 Å². The maximum atomic E-state index is 12.9. The van der Waals surface area contributed by atoms with E-state index in [1.54, 1.807) is 0 Å². The number of likely N-dealkylation sites (tertiary alicyclic amines) is 1. The second-order valence-electron chi connectivity index (χ2n) is 6.98. The molecule has 26 heavy (non-hydrogen) atoms. The van der Waals surface area contributed by atoms with Crippen molar-refractivity contribution in [3.05, 3.63) is 0 Å². The van der Waals surface area contributed by atoms with Crippen LogP contribution in [0.3, 0.4) is 0 Å². The summed E-state index contributed by atoms with van der Waals surface area (Å²) in [6, 6.07) is -1.38. The van der Waals surface area contributed by atoms with Crippen LogP contribution in [0.25, 0.3) is 0 Å². The van der Waals surface area contributed by atoms with Crippen LogP contribution >= 0.6 is 24.0 Å². The number of rotatable bonds is 5. The Labute approximate surface area is 172 Å². The van der Waals surface area contributed by atoms with Crippen LogP contribution in [-0.4, -0.2) is 91.8 Å². The lowest BCUT2D eigenvalue weighted by molar-refractivity contribution is -0.181. The zero-order valence-electron chi connectivity index (χ0n) is 16.1. The highest BCUT2D eigenvalue weighted by Gasteiger charge is 2.41. The van der Waals surface area contributed by atoms with E-state index in [0.29, 0.717) is 32.1 Å². The first-order chi connectivity index (χ1) is 11.8. The van der Waals surface area contributed by atoms with Crippen LogP contribution in [0.4, 0.5) is 13.2 Å². The molecule has 2 aliphatic rings. The van der Waals surface area contributed by atoms with Crippen molar-refractivity contribution in [1.82, 2.24) is 20.0 Å². The lowest BCUT2D eigenvalue weighted by atomic mass is 10.1. The van der Waals surface area contributed by atoms with E-state index in [2.05, 4.69) is 22.0 Å². The van der Waals surface area contributed by atoms with E-state index in [1.807, 2.05) is 6.92 Å². The van der Waals surface area contributed by atoms with Gasteiger partial charge in [-0.2, -0.15) is 13.2 Å². The maximum Gasteiger partial charge on any atom is 0.403 e. The molecule has 2 heterocycles. The van der Waals surface area contributed by atoms with E-state index < -0.39 is 12.2 Å². The predicted octanol–water partition coefficient (Wildman–Crippen LogP) is 2.48. The molecule has 154 valence electrons. The number of nitrogens with zero attached hydrogens (tertiary/aromatic N) is 4. The van der Waals surface area contributed by atoms with Crippen molar-refractivity contribution in [2.45, 2.75) is 39.4 Å². The normalized spacial score (nSPS) is 24.5. The molecule has 2 unspecified atom stereocenters. The number of hydrogen-bond donors (Lipinski definition) is 1. The second-order valence-corrected chi connectivity index (χ2v) is 6.98. The molecule has 2 aliphatic heterocycles. The quantitative estimate of drug-likeness (QED) is 0.364. The zero-order valence-corrected chi connectivity index (χ0v) is 18.4. The summed E-state index contributed by atoms with van der Waals surface area (Å²) < 4.78 is 38.6. The van der Waals surface area contributed by atoms with Crippen LogP contribution in [0.1, 0.15) is 27.2 Å². The Hall–Kier alpha value is -0.290. The third-order valence-corrected chi connectivity index (χ3v) is 5.29. The van der Waals surface area contributed by atoms with Crippen molar-refractivity contribution in [3.8, 4) is 0 Å². The molecule has 0 amide bonds. The van der Waals surface area contributed by atoms with Crippen LogP contribution in [-0.2, 0) is 0 Å². The zero-order chi connectivity index (χ0) is 18.4. The van der Waals surface area contributed by atoms with Gasteiger partial charge >= 0.3 is 6.18 Å². The number of nitrogens with one attached hydrogen (secondary N) is 1. The fourth-order valence-corrected chi connectivity index (χ4v) is 3.52. The molecule has 0 radical (unpaired) electrons. The van der Waals surface area contributed by atoms with Crippen molar-refractivity contribution >= 4 is 29.9 Å². The third-order valence-electron chi connectivity index (χ3n) is 5.29. The number of piperazine rings is 1. The summed E-state index contributed by atoms with van der Waals surface area (Å²) in [5, 5.41) is 3.30. The maximum absolute atomic E-state index is 12.9. The Morgan fingerprint density at radius 2 is 1.81 bits per heavy atom. The van der Waals surface area contributed by atoms with Gasteiger partial charge in [0.1, 0.15) is 6.04 Å². The molecule has 5 nitrogen and oxygen atoms in total. The fourth-order valence-electron chi connectivity index (χ4n) is 3.52. The summed E-state index contributed by atoms with van der Waals surface area (Å²) in [5.41, 5.74) is 0. The molecule has 2 rings (SSSR count). The van der Waals surface area contributed by atoms with Crippen molar-refractivity contribution in [2.75, 3.05) is 58.9 Å². The molecule has 1 N–H and O–H groups in total. The van der Waals surface area contributed by atoms with E-state index in [-0.39, 0.29) is 24.0 Å². The second kappa shape index (κ2) is 10.9. The van der Waals surface area contributed by atoms with Gasteiger partial charge in [0, 0.05) is 45.8 Å². The van der Waals surface area contributed by atoms with Crippen molar-refractivity contribution < 1.29 is 13.2 Å². The smallest absolute Gasteiger partial charge is 0.357 e. The van der Waals surface area contributed by atoms with Gasteiger partial charge in [-0.05, 0) is 39.3 Å². The molecule has 0 aromatic carbocycles. The van der Waals surface area contributed by atoms with E-state index >= 15 is 0 Å². The first-order valence-electron chi connectivity index (χ1n) is 9.41. The summed E-state index contributed by atoms with van der Waals surface area (Å²) in [5.74, 6) is 1.43. The lowest BCUT2D eigenvalue weighted by Gasteiger charge is -2.39. The minimum atomic E-state index is -4.16. The Balaban J connectivity index is 0.00000338. The van der Waals surface area contributed by atoms with Crippen LogP contribution in [0.2, 0.25) is 0 Å². The minimum Gasteiger partial charge on any atom is -0.357 e. The van der Waals surface area contributed by atoms with Gasteiger partial charge in [-0.15, -0.1) is 24.0 Å². The van der Waals surface area contributed by atoms with Gasteiger partial charge in [0.25, 0.3) is 0 Å².